The van der Waals surface area contributed by atoms with Gasteiger partial charge in [0, 0.05) is 39.8 Å². The van der Waals surface area contributed by atoms with Crippen LogP contribution in [0.25, 0.3) is 33.9 Å². The molecule has 4 heterocycles. The molecular formula is C39H42N6. The van der Waals surface area contributed by atoms with Crippen LogP contribution in [0, 0.1) is 0 Å². The Bertz CT molecular complexity index is 1790. The molecule has 228 valence electrons. The van der Waals surface area contributed by atoms with Crippen LogP contribution < -0.4 is 0 Å². The summed E-state index contributed by atoms with van der Waals surface area (Å²) in [7, 11) is 0. The number of rotatable bonds is 6. The standard InChI is InChI=1S/C39H42N6/c1-37(2,3)31-23-25-44(42-31)35-29(27-15-11-9-12-16-27)19-21-33(40-35)39(7,8)34-22-20-30(28-17-13-10-14-18-28)36(41-34)45-26-24-32(43-45)38(4,5)6/h9-26H,1-8H3. The van der Waals surface area contributed by atoms with E-state index in [-0.39, 0.29) is 10.8 Å². The molecule has 0 aliphatic heterocycles. The molecule has 0 fully saturated rings. The van der Waals surface area contributed by atoms with E-state index in [9.17, 15) is 0 Å². The molecule has 0 saturated heterocycles. The van der Waals surface area contributed by atoms with Crippen LogP contribution in [0.15, 0.2) is 109 Å². The van der Waals surface area contributed by atoms with E-state index in [1.165, 1.54) is 0 Å². The molecule has 0 radical (unpaired) electrons. The highest BCUT2D eigenvalue weighted by Crippen LogP contribution is 2.36. The van der Waals surface area contributed by atoms with Crippen LogP contribution in [0.5, 0.6) is 0 Å². The zero-order chi connectivity index (χ0) is 32.0. The van der Waals surface area contributed by atoms with Gasteiger partial charge in [0.05, 0.1) is 22.8 Å². The van der Waals surface area contributed by atoms with Crippen LogP contribution in [-0.2, 0) is 16.2 Å². The Hall–Kier alpha value is -4.84. The summed E-state index contributed by atoms with van der Waals surface area (Å²) < 4.78 is 3.83. The lowest BCUT2D eigenvalue weighted by Crippen LogP contribution is -2.24. The highest BCUT2D eigenvalue weighted by Gasteiger charge is 2.30. The maximum Gasteiger partial charge on any atom is 0.161 e. The molecule has 0 atom stereocenters. The summed E-state index contributed by atoms with van der Waals surface area (Å²) in [5, 5.41) is 9.96. The van der Waals surface area contributed by atoms with Gasteiger partial charge in [-0.1, -0.05) is 102 Å². The maximum atomic E-state index is 5.32. The van der Waals surface area contributed by atoms with Crippen molar-refractivity contribution >= 4 is 0 Å². The van der Waals surface area contributed by atoms with E-state index in [1.54, 1.807) is 0 Å². The Kier molecular flexibility index (Phi) is 7.56. The van der Waals surface area contributed by atoms with E-state index in [4.69, 9.17) is 20.2 Å². The molecule has 6 heteroatoms. The third-order valence-corrected chi connectivity index (χ3v) is 8.35. The normalized spacial score (nSPS) is 12.4. The molecular weight excluding hydrogens is 552 g/mol. The first-order chi connectivity index (χ1) is 21.3. The number of aromatic nitrogens is 6. The second kappa shape index (κ2) is 11.3. The SMILES string of the molecule is CC(C)(C)c1ccn(-c2nc(C(C)(C)c3ccc(-c4ccccc4)c(-n4ccc(C(C)(C)C)n4)n3)ccc2-c2ccccc2)n1. The molecule has 0 spiro atoms. The van der Waals surface area contributed by atoms with E-state index in [0.717, 1.165) is 56.7 Å². The van der Waals surface area contributed by atoms with Crippen LogP contribution in [0.1, 0.15) is 78.2 Å². The highest BCUT2D eigenvalue weighted by atomic mass is 15.3. The Morgan fingerprint density at radius 1 is 0.422 bits per heavy atom. The quantitative estimate of drug-likeness (QED) is 0.193. The first kappa shape index (κ1) is 30.2. The summed E-state index contributed by atoms with van der Waals surface area (Å²) in [6.07, 6.45) is 4.03. The molecule has 0 bridgehead atoms. The first-order valence-corrected chi connectivity index (χ1v) is 15.6. The van der Waals surface area contributed by atoms with Gasteiger partial charge in [-0.15, -0.1) is 0 Å². The van der Waals surface area contributed by atoms with Crippen LogP contribution in [0.4, 0.5) is 0 Å². The van der Waals surface area contributed by atoms with E-state index < -0.39 is 5.41 Å². The third-order valence-electron chi connectivity index (χ3n) is 8.35. The van der Waals surface area contributed by atoms with Crippen molar-refractivity contribution in [3.8, 4) is 33.9 Å². The second-order valence-corrected chi connectivity index (χ2v) is 14.3. The van der Waals surface area contributed by atoms with Gasteiger partial charge in [-0.05, 0) is 61.4 Å². The van der Waals surface area contributed by atoms with Crippen molar-refractivity contribution in [1.29, 1.82) is 0 Å². The summed E-state index contributed by atoms with van der Waals surface area (Å²) in [6.45, 7) is 17.4. The van der Waals surface area contributed by atoms with Gasteiger partial charge in [0.25, 0.3) is 0 Å². The molecule has 6 rings (SSSR count). The van der Waals surface area contributed by atoms with Gasteiger partial charge in [-0.2, -0.15) is 10.2 Å². The molecule has 0 amide bonds. The van der Waals surface area contributed by atoms with Gasteiger partial charge >= 0.3 is 0 Å². The third kappa shape index (κ3) is 5.97. The van der Waals surface area contributed by atoms with Gasteiger partial charge in [-0.3, -0.25) is 0 Å². The Labute approximate surface area is 266 Å². The Balaban J connectivity index is 1.50. The van der Waals surface area contributed by atoms with Crippen molar-refractivity contribution in [1.82, 2.24) is 29.5 Å². The van der Waals surface area contributed by atoms with Crippen molar-refractivity contribution in [2.24, 2.45) is 0 Å². The highest BCUT2D eigenvalue weighted by molar-refractivity contribution is 5.72. The van der Waals surface area contributed by atoms with Crippen molar-refractivity contribution in [2.75, 3.05) is 0 Å². The van der Waals surface area contributed by atoms with Crippen LogP contribution in [0.2, 0.25) is 0 Å². The number of nitrogens with zero attached hydrogens (tertiary/aromatic N) is 6. The monoisotopic (exact) mass is 594 g/mol. The van der Waals surface area contributed by atoms with Gasteiger partial charge in [-0.25, -0.2) is 19.3 Å². The fourth-order valence-electron chi connectivity index (χ4n) is 5.44. The molecule has 2 aromatic carbocycles. The molecule has 4 aromatic heterocycles. The Morgan fingerprint density at radius 3 is 1.13 bits per heavy atom. The minimum absolute atomic E-state index is 0.0742. The predicted octanol–water partition coefficient (Wildman–Crippen LogP) is 9.10. The van der Waals surface area contributed by atoms with Gasteiger partial charge in [0.2, 0.25) is 0 Å². The molecule has 0 aliphatic rings. The van der Waals surface area contributed by atoms with E-state index in [0.29, 0.717) is 0 Å². The lowest BCUT2D eigenvalue weighted by atomic mass is 9.83. The lowest BCUT2D eigenvalue weighted by Gasteiger charge is -2.26. The minimum Gasteiger partial charge on any atom is -0.232 e. The summed E-state index contributed by atoms with van der Waals surface area (Å²) in [5.74, 6) is 1.59. The fraction of sp³-hybridized carbons (Fsp3) is 0.282. The molecule has 0 N–H and O–H groups in total. The molecule has 0 aliphatic carbocycles. The van der Waals surface area contributed by atoms with Gasteiger partial charge in [0.15, 0.2) is 11.6 Å². The van der Waals surface area contributed by atoms with Crippen molar-refractivity contribution < 1.29 is 0 Å². The van der Waals surface area contributed by atoms with Crippen molar-refractivity contribution in [2.45, 2.75) is 71.6 Å². The topological polar surface area (TPSA) is 61.4 Å². The summed E-state index contributed by atoms with van der Waals surface area (Å²) in [6, 6.07) is 33.5. The molecule has 6 nitrogen and oxygen atoms in total. The summed E-state index contributed by atoms with van der Waals surface area (Å²) in [4.78, 5) is 10.6. The second-order valence-electron chi connectivity index (χ2n) is 14.3. The average molecular weight is 595 g/mol. The van der Waals surface area contributed by atoms with Crippen LogP contribution >= 0.6 is 0 Å². The molecule has 0 unspecified atom stereocenters. The van der Waals surface area contributed by atoms with Crippen LogP contribution in [-0.4, -0.2) is 29.5 Å². The molecule has 6 aromatic rings. The van der Waals surface area contributed by atoms with Gasteiger partial charge < -0.3 is 0 Å². The average Bonchev–Trinajstić information content (AvgIpc) is 3.73. The molecule has 45 heavy (non-hydrogen) atoms. The van der Waals surface area contributed by atoms with Crippen molar-refractivity contribution in [3.63, 3.8) is 0 Å². The lowest BCUT2D eigenvalue weighted by molar-refractivity contribution is 0.555. The fourth-order valence-corrected chi connectivity index (χ4v) is 5.44. The first-order valence-electron chi connectivity index (χ1n) is 15.6. The van der Waals surface area contributed by atoms with Crippen LogP contribution in [0.3, 0.4) is 0 Å². The Morgan fingerprint density at radius 2 is 0.800 bits per heavy atom. The van der Waals surface area contributed by atoms with E-state index in [1.807, 2.05) is 33.9 Å². The summed E-state index contributed by atoms with van der Waals surface area (Å²) in [5.41, 5.74) is 7.43. The maximum absolute atomic E-state index is 5.32. The minimum atomic E-state index is -0.520. The van der Waals surface area contributed by atoms with Gasteiger partial charge in [0.1, 0.15) is 0 Å². The zero-order valence-electron chi connectivity index (χ0n) is 27.6. The number of benzene rings is 2. The van der Waals surface area contributed by atoms with Crippen molar-refractivity contribution in [3.05, 3.63) is 132 Å². The molecule has 0 saturated carbocycles. The number of hydrogen-bond donors (Lipinski definition) is 0. The summed E-state index contributed by atoms with van der Waals surface area (Å²) >= 11 is 0. The zero-order valence-corrected chi connectivity index (χ0v) is 27.6. The van der Waals surface area contributed by atoms with E-state index in [2.05, 4.69) is 140 Å². The smallest absolute Gasteiger partial charge is 0.161 e. The van der Waals surface area contributed by atoms with E-state index >= 15 is 0 Å². The predicted molar refractivity (Wildman–Crippen MR) is 183 cm³/mol. The largest absolute Gasteiger partial charge is 0.232 e. The number of hydrogen-bond acceptors (Lipinski definition) is 4. The number of pyridine rings is 2.